The highest BCUT2D eigenvalue weighted by Gasteiger charge is 2.52. The van der Waals surface area contributed by atoms with E-state index in [1.54, 1.807) is 48.7 Å². The van der Waals surface area contributed by atoms with E-state index < -0.39 is 28.3 Å². The predicted molar refractivity (Wildman–Crippen MR) is 116 cm³/mol. The van der Waals surface area contributed by atoms with Crippen molar-refractivity contribution in [3.8, 4) is 0 Å². The average Bonchev–Trinajstić information content (AvgIpc) is 3.09. The Hall–Kier alpha value is -1.80. The number of fused-ring (bicyclic) bond motifs is 1. The molecule has 1 aromatic heterocycles. The van der Waals surface area contributed by atoms with E-state index in [4.69, 9.17) is 20.9 Å². The van der Waals surface area contributed by atoms with E-state index in [0.29, 0.717) is 21.4 Å². The molecule has 0 unspecified atom stereocenters. The monoisotopic (exact) mass is 431 g/mol. The largest absolute Gasteiger partial charge is 0.497 e. The molecular formula is C21H23BClNO4S. The predicted octanol–water partition coefficient (Wildman–Crippen LogP) is 4.14. The van der Waals surface area contributed by atoms with E-state index in [9.17, 15) is 8.42 Å². The van der Waals surface area contributed by atoms with Gasteiger partial charge in [0, 0.05) is 22.1 Å². The van der Waals surface area contributed by atoms with Crippen molar-refractivity contribution in [1.29, 1.82) is 0 Å². The lowest BCUT2D eigenvalue weighted by atomic mass is 9.79. The van der Waals surface area contributed by atoms with Crippen LogP contribution in [0.3, 0.4) is 0 Å². The van der Waals surface area contributed by atoms with Crippen molar-refractivity contribution < 1.29 is 17.7 Å². The molecule has 0 saturated carbocycles. The molecule has 152 valence electrons. The number of hydrogen-bond donors (Lipinski definition) is 0. The second-order valence-electron chi connectivity index (χ2n) is 8.45. The maximum absolute atomic E-state index is 13.4. The minimum absolute atomic E-state index is 0.218. The van der Waals surface area contributed by atoms with Crippen LogP contribution < -0.4 is 5.46 Å². The molecule has 29 heavy (non-hydrogen) atoms. The van der Waals surface area contributed by atoms with Gasteiger partial charge < -0.3 is 9.31 Å². The van der Waals surface area contributed by atoms with Gasteiger partial charge in [0.05, 0.1) is 21.6 Å². The number of aryl methyl sites for hydroxylation is 1. The fourth-order valence-electron chi connectivity index (χ4n) is 3.38. The molecule has 2 heterocycles. The Bertz CT molecular complexity index is 1180. The third-order valence-corrected chi connectivity index (χ3v) is 7.77. The molecule has 2 aromatic carbocycles. The highest BCUT2D eigenvalue weighted by Crippen LogP contribution is 2.37. The molecule has 0 N–H and O–H groups in total. The number of halogens is 1. The summed E-state index contributed by atoms with van der Waals surface area (Å²) in [7, 11) is -4.50. The van der Waals surface area contributed by atoms with E-state index in [-0.39, 0.29) is 4.90 Å². The van der Waals surface area contributed by atoms with Crippen molar-refractivity contribution in [2.75, 3.05) is 0 Å². The third kappa shape index (κ3) is 3.30. The Morgan fingerprint density at radius 3 is 2.14 bits per heavy atom. The SMILES string of the molecule is Cc1ccc(S(=O)(=O)n2cc(B3OC(C)(C)C(C)(C)O3)c3cc(Cl)ccc32)cc1. The second kappa shape index (κ2) is 6.60. The van der Waals surface area contributed by atoms with E-state index in [2.05, 4.69) is 0 Å². The van der Waals surface area contributed by atoms with Crippen molar-refractivity contribution in [3.63, 3.8) is 0 Å². The van der Waals surface area contributed by atoms with Gasteiger partial charge in [-0.25, -0.2) is 12.4 Å². The number of nitrogens with zero attached hydrogens (tertiary/aromatic N) is 1. The molecule has 0 atom stereocenters. The first-order chi connectivity index (χ1) is 13.4. The maximum Gasteiger partial charge on any atom is 0.497 e. The molecule has 1 fully saturated rings. The number of aromatic nitrogens is 1. The molecule has 1 aliphatic heterocycles. The average molecular weight is 432 g/mol. The summed E-state index contributed by atoms with van der Waals surface area (Å²) >= 11 is 6.23. The van der Waals surface area contributed by atoms with E-state index in [0.717, 1.165) is 5.56 Å². The summed E-state index contributed by atoms with van der Waals surface area (Å²) in [6.45, 7) is 9.76. The lowest BCUT2D eigenvalue weighted by Gasteiger charge is -2.32. The van der Waals surface area contributed by atoms with Crippen molar-refractivity contribution in [3.05, 3.63) is 59.2 Å². The van der Waals surface area contributed by atoms with Gasteiger partial charge in [0.25, 0.3) is 10.0 Å². The Balaban J connectivity index is 1.91. The van der Waals surface area contributed by atoms with Gasteiger partial charge in [0.15, 0.2) is 0 Å². The Labute approximate surface area is 176 Å². The summed E-state index contributed by atoms with van der Waals surface area (Å²) in [6.07, 6.45) is 1.58. The van der Waals surface area contributed by atoms with Crippen LogP contribution in [0.4, 0.5) is 0 Å². The van der Waals surface area contributed by atoms with Crippen LogP contribution in [0.1, 0.15) is 33.3 Å². The highest BCUT2D eigenvalue weighted by atomic mass is 35.5. The summed E-state index contributed by atoms with van der Waals surface area (Å²) in [5.41, 5.74) is 1.07. The van der Waals surface area contributed by atoms with Crippen molar-refractivity contribution in [1.82, 2.24) is 3.97 Å². The lowest BCUT2D eigenvalue weighted by Crippen LogP contribution is -2.41. The molecule has 0 aliphatic carbocycles. The van der Waals surface area contributed by atoms with Gasteiger partial charge in [-0.15, -0.1) is 0 Å². The summed E-state index contributed by atoms with van der Waals surface area (Å²) in [6, 6.07) is 11.9. The van der Waals surface area contributed by atoms with E-state index in [1.165, 1.54) is 3.97 Å². The van der Waals surface area contributed by atoms with Gasteiger partial charge >= 0.3 is 7.12 Å². The molecule has 8 heteroatoms. The molecule has 0 spiro atoms. The summed E-state index contributed by atoms with van der Waals surface area (Å²) in [5.74, 6) is 0. The molecule has 0 amide bonds. The van der Waals surface area contributed by atoms with Gasteiger partial charge in [0.1, 0.15) is 0 Å². The first-order valence-electron chi connectivity index (χ1n) is 9.41. The van der Waals surface area contributed by atoms with Gasteiger partial charge in [-0.05, 0) is 65.0 Å². The Morgan fingerprint density at radius 2 is 1.55 bits per heavy atom. The van der Waals surface area contributed by atoms with E-state index >= 15 is 0 Å². The number of benzene rings is 2. The van der Waals surface area contributed by atoms with Crippen LogP contribution in [0.5, 0.6) is 0 Å². The topological polar surface area (TPSA) is 57.5 Å². The first-order valence-corrected chi connectivity index (χ1v) is 11.2. The van der Waals surface area contributed by atoms with Gasteiger partial charge in [-0.1, -0.05) is 29.3 Å². The molecule has 0 bridgehead atoms. The van der Waals surface area contributed by atoms with Crippen molar-refractivity contribution >= 4 is 45.1 Å². The van der Waals surface area contributed by atoms with Crippen LogP contribution in [-0.4, -0.2) is 30.7 Å². The minimum atomic E-state index is -3.80. The van der Waals surface area contributed by atoms with Gasteiger partial charge in [0.2, 0.25) is 0 Å². The minimum Gasteiger partial charge on any atom is -0.399 e. The van der Waals surface area contributed by atoms with Crippen LogP contribution in [-0.2, 0) is 19.3 Å². The van der Waals surface area contributed by atoms with Crippen molar-refractivity contribution in [2.24, 2.45) is 0 Å². The summed E-state index contributed by atoms with van der Waals surface area (Å²) in [4.78, 5) is 0.218. The molecule has 1 aliphatic rings. The Morgan fingerprint density at radius 1 is 0.966 bits per heavy atom. The van der Waals surface area contributed by atoms with Gasteiger partial charge in [-0.3, -0.25) is 0 Å². The summed E-state index contributed by atoms with van der Waals surface area (Å²) < 4.78 is 40.4. The van der Waals surface area contributed by atoms with Crippen LogP contribution in [0.25, 0.3) is 10.9 Å². The molecule has 5 nitrogen and oxygen atoms in total. The molecule has 1 saturated heterocycles. The van der Waals surface area contributed by atoms with Crippen LogP contribution >= 0.6 is 11.6 Å². The highest BCUT2D eigenvalue weighted by molar-refractivity contribution is 7.90. The van der Waals surface area contributed by atoms with Crippen LogP contribution in [0, 0.1) is 6.92 Å². The lowest BCUT2D eigenvalue weighted by molar-refractivity contribution is 0.00578. The Kier molecular flexibility index (Phi) is 4.66. The molecule has 3 aromatic rings. The fourth-order valence-corrected chi connectivity index (χ4v) is 4.93. The quantitative estimate of drug-likeness (QED) is 0.585. The van der Waals surface area contributed by atoms with E-state index in [1.807, 2.05) is 34.6 Å². The normalized spacial score (nSPS) is 18.5. The smallest absolute Gasteiger partial charge is 0.399 e. The first kappa shape index (κ1) is 20.5. The van der Waals surface area contributed by atoms with Crippen LogP contribution in [0.2, 0.25) is 5.02 Å². The second-order valence-corrected chi connectivity index (χ2v) is 10.7. The number of rotatable bonds is 3. The number of hydrogen-bond acceptors (Lipinski definition) is 4. The summed E-state index contributed by atoms with van der Waals surface area (Å²) in [5, 5.41) is 1.20. The zero-order valence-electron chi connectivity index (χ0n) is 17.1. The molecular weight excluding hydrogens is 409 g/mol. The third-order valence-electron chi connectivity index (χ3n) is 5.85. The van der Waals surface area contributed by atoms with Crippen molar-refractivity contribution in [2.45, 2.75) is 50.7 Å². The maximum atomic E-state index is 13.4. The molecule has 4 rings (SSSR count). The van der Waals surface area contributed by atoms with Crippen LogP contribution in [0.15, 0.2) is 53.6 Å². The standard InChI is InChI=1S/C21H23BClNO4S/c1-14-6-9-16(10-7-14)29(25,26)24-13-18(17-12-15(23)8-11-19(17)24)22-27-20(2,3)21(4,5)28-22/h6-13H,1-5H3. The zero-order valence-corrected chi connectivity index (χ0v) is 18.6. The molecule has 0 radical (unpaired) electrons. The zero-order chi connectivity index (χ0) is 21.2. The van der Waals surface area contributed by atoms with Gasteiger partial charge in [-0.2, -0.15) is 0 Å². The fraction of sp³-hybridized carbons (Fsp3) is 0.333.